The van der Waals surface area contributed by atoms with Crippen molar-refractivity contribution in [2.45, 2.75) is 20.3 Å². The van der Waals surface area contributed by atoms with Gasteiger partial charge in [0, 0.05) is 16.6 Å². The summed E-state index contributed by atoms with van der Waals surface area (Å²) in [5, 5.41) is 9.27. The Kier molecular flexibility index (Phi) is 5.82. The number of benzene rings is 1. The Morgan fingerprint density at radius 2 is 2.05 bits per heavy atom. The highest BCUT2D eigenvalue weighted by atomic mass is 79.9. The zero-order chi connectivity index (χ0) is 14.6. The van der Waals surface area contributed by atoms with E-state index in [-0.39, 0.29) is 12.5 Å². The van der Waals surface area contributed by atoms with Crippen LogP contribution in [0.1, 0.15) is 29.3 Å². The van der Waals surface area contributed by atoms with E-state index in [1.165, 1.54) is 4.90 Å². The zero-order valence-electron chi connectivity index (χ0n) is 10.7. The van der Waals surface area contributed by atoms with Crippen molar-refractivity contribution in [3.8, 4) is 0 Å². The Bertz CT molecular complexity index is 482. The molecule has 1 aromatic rings. The summed E-state index contributed by atoms with van der Waals surface area (Å²) in [6.45, 7) is 3.81. The van der Waals surface area contributed by atoms with Gasteiger partial charge < -0.3 is 10.0 Å². The third-order valence-electron chi connectivity index (χ3n) is 2.56. The van der Waals surface area contributed by atoms with Gasteiger partial charge in [-0.25, -0.2) is 0 Å². The summed E-state index contributed by atoms with van der Waals surface area (Å²) in [6, 6.07) is 3.24. The van der Waals surface area contributed by atoms with E-state index in [0.29, 0.717) is 23.6 Å². The highest BCUT2D eigenvalue weighted by Crippen LogP contribution is 2.28. The second-order valence-corrected chi connectivity index (χ2v) is 5.41. The molecule has 0 aliphatic rings. The van der Waals surface area contributed by atoms with Crippen LogP contribution in [0, 0.1) is 6.92 Å². The van der Waals surface area contributed by atoms with E-state index in [4.69, 9.17) is 16.7 Å². The molecule has 0 radical (unpaired) electrons. The summed E-state index contributed by atoms with van der Waals surface area (Å²) in [5.41, 5.74) is 1.24. The van der Waals surface area contributed by atoms with Gasteiger partial charge in [-0.05, 0) is 47.0 Å². The van der Waals surface area contributed by atoms with Gasteiger partial charge in [0.2, 0.25) is 0 Å². The summed E-state index contributed by atoms with van der Waals surface area (Å²) >= 11 is 9.34. The van der Waals surface area contributed by atoms with Crippen LogP contribution < -0.4 is 0 Å². The molecule has 4 nitrogen and oxygen atoms in total. The second kappa shape index (κ2) is 6.91. The molecule has 0 saturated carbocycles. The molecule has 1 N–H and O–H groups in total. The molecular formula is C13H15BrClNO3. The maximum atomic E-state index is 12.3. The monoisotopic (exact) mass is 347 g/mol. The second-order valence-electron chi connectivity index (χ2n) is 4.21. The lowest BCUT2D eigenvalue weighted by Crippen LogP contribution is -2.36. The van der Waals surface area contributed by atoms with E-state index in [0.717, 1.165) is 10.0 Å². The van der Waals surface area contributed by atoms with E-state index in [2.05, 4.69) is 15.9 Å². The van der Waals surface area contributed by atoms with Gasteiger partial charge in [-0.15, -0.1) is 0 Å². The molecule has 0 heterocycles. The number of nitrogens with zero attached hydrogens (tertiary/aromatic N) is 1. The lowest BCUT2D eigenvalue weighted by atomic mass is 10.1. The molecule has 0 aliphatic heterocycles. The predicted molar refractivity (Wildman–Crippen MR) is 77.7 cm³/mol. The highest BCUT2D eigenvalue weighted by molar-refractivity contribution is 9.10. The maximum absolute atomic E-state index is 12.3. The molecule has 1 rings (SSSR count). The fourth-order valence-corrected chi connectivity index (χ4v) is 2.21. The Morgan fingerprint density at radius 3 is 2.53 bits per heavy atom. The van der Waals surface area contributed by atoms with Crippen LogP contribution in [0.15, 0.2) is 16.6 Å². The fourth-order valence-electron chi connectivity index (χ4n) is 1.72. The Morgan fingerprint density at radius 1 is 1.42 bits per heavy atom. The van der Waals surface area contributed by atoms with Gasteiger partial charge in [-0.1, -0.05) is 18.5 Å². The zero-order valence-corrected chi connectivity index (χ0v) is 13.1. The Hall–Kier alpha value is -1.07. The fraction of sp³-hybridized carbons (Fsp3) is 0.385. The van der Waals surface area contributed by atoms with Crippen molar-refractivity contribution in [1.82, 2.24) is 4.90 Å². The van der Waals surface area contributed by atoms with E-state index in [9.17, 15) is 9.59 Å². The number of halogens is 2. The first kappa shape index (κ1) is 16.0. The molecule has 6 heteroatoms. The number of rotatable bonds is 5. The molecule has 1 aromatic carbocycles. The largest absolute Gasteiger partial charge is 0.480 e. The SMILES string of the molecule is CCCN(CC(=O)O)C(=O)c1cc(C)c(Br)c(Cl)c1. The normalized spacial score (nSPS) is 10.3. The van der Waals surface area contributed by atoms with Crippen molar-refractivity contribution in [2.75, 3.05) is 13.1 Å². The first-order chi connectivity index (χ1) is 8.86. The lowest BCUT2D eigenvalue weighted by molar-refractivity contribution is -0.137. The topological polar surface area (TPSA) is 57.6 Å². The molecule has 0 saturated heterocycles. The molecular weight excluding hydrogens is 334 g/mol. The molecule has 0 fully saturated rings. The van der Waals surface area contributed by atoms with Crippen molar-refractivity contribution in [1.29, 1.82) is 0 Å². The van der Waals surface area contributed by atoms with Gasteiger partial charge in [0.25, 0.3) is 5.91 Å². The number of hydrogen-bond acceptors (Lipinski definition) is 2. The first-order valence-electron chi connectivity index (χ1n) is 5.83. The molecule has 104 valence electrons. The summed E-state index contributed by atoms with van der Waals surface area (Å²) in [6.07, 6.45) is 0.697. The quantitative estimate of drug-likeness (QED) is 0.888. The number of carboxylic acids is 1. The minimum Gasteiger partial charge on any atom is -0.480 e. The van der Waals surface area contributed by atoms with Crippen LogP contribution in [0.25, 0.3) is 0 Å². The van der Waals surface area contributed by atoms with E-state index >= 15 is 0 Å². The molecule has 0 aromatic heterocycles. The Labute approximate surface area is 125 Å². The van der Waals surface area contributed by atoms with Gasteiger partial charge in [-0.3, -0.25) is 9.59 Å². The molecule has 0 spiro atoms. The van der Waals surface area contributed by atoms with Crippen LogP contribution in [0.4, 0.5) is 0 Å². The lowest BCUT2D eigenvalue weighted by Gasteiger charge is -2.20. The molecule has 0 bridgehead atoms. The number of hydrogen-bond donors (Lipinski definition) is 1. The molecule has 1 amide bonds. The molecule has 0 atom stereocenters. The van der Waals surface area contributed by atoms with E-state index in [1.54, 1.807) is 12.1 Å². The van der Waals surface area contributed by atoms with Crippen LogP contribution in [-0.2, 0) is 4.79 Å². The van der Waals surface area contributed by atoms with Gasteiger partial charge >= 0.3 is 5.97 Å². The Balaban J connectivity index is 3.05. The summed E-state index contributed by atoms with van der Waals surface area (Å²) in [7, 11) is 0. The average Bonchev–Trinajstić information content (AvgIpc) is 2.33. The van der Waals surface area contributed by atoms with Crippen molar-refractivity contribution in [3.05, 3.63) is 32.8 Å². The number of aryl methyl sites for hydroxylation is 1. The summed E-state index contributed by atoms with van der Waals surface area (Å²) < 4.78 is 0.742. The molecule has 0 aliphatic carbocycles. The standard InChI is InChI=1S/C13H15BrClNO3/c1-3-4-16(7-11(17)18)13(19)9-5-8(2)12(14)10(15)6-9/h5-6H,3-4,7H2,1-2H3,(H,17,18). The average molecular weight is 349 g/mol. The minimum atomic E-state index is -1.03. The van der Waals surface area contributed by atoms with Crippen molar-refractivity contribution in [2.24, 2.45) is 0 Å². The van der Waals surface area contributed by atoms with Crippen LogP contribution in [0.3, 0.4) is 0 Å². The minimum absolute atomic E-state index is 0.306. The third kappa shape index (κ3) is 4.21. The van der Waals surface area contributed by atoms with Gasteiger partial charge in [-0.2, -0.15) is 0 Å². The summed E-state index contributed by atoms with van der Waals surface area (Å²) in [4.78, 5) is 24.4. The third-order valence-corrected chi connectivity index (χ3v) is 4.14. The van der Waals surface area contributed by atoms with Gasteiger partial charge in [0.1, 0.15) is 6.54 Å². The van der Waals surface area contributed by atoms with E-state index in [1.807, 2.05) is 13.8 Å². The van der Waals surface area contributed by atoms with Crippen molar-refractivity contribution < 1.29 is 14.7 Å². The van der Waals surface area contributed by atoms with Crippen LogP contribution in [0.5, 0.6) is 0 Å². The summed E-state index contributed by atoms with van der Waals surface area (Å²) in [5.74, 6) is -1.34. The van der Waals surface area contributed by atoms with Crippen molar-refractivity contribution >= 4 is 39.4 Å². The highest BCUT2D eigenvalue weighted by Gasteiger charge is 2.19. The van der Waals surface area contributed by atoms with Crippen LogP contribution in [-0.4, -0.2) is 35.0 Å². The molecule has 19 heavy (non-hydrogen) atoms. The smallest absolute Gasteiger partial charge is 0.323 e. The van der Waals surface area contributed by atoms with Crippen LogP contribution in [0.2, 0.25) is 5.02 Å². The predicted octanol–water partition coefficient (Wildman–Crippen LogP) is 3.35. The molecule has 0 unspecified atom stereocenters. The van der Waals surface area contributed by atoms with Crippen molar-refractivity contribution in [3.63, 3.8) is 0 Å². The van der Waals surface area contributed by atoms with Gasteiger partial charge in [0.15, 0.2) is 0 Å². The first-order valence-corrected chi connectivity index (χ1v) is 7.00. The number of amides is 1. The van der Waals surface area contributed by atoms with E-state index < -0.39 is 5.97 Å². The number of aliphatic carboxylic acids is 1. The number of carbonyl (C=O) groups excluding carboxylic acids is 1. The number of carbonyl (C=O) groups is 2. The van der Waals surface area contributed by atoms with Crippen LogP contribution >= 0.6 is 27.5 Å². The van der Waals surface area contributed by atoms with Gasteiger partial charge in [0.05, 0.1) is 5.02 Å². The maximum Gasteiger partial charge on any atom is 0.323 e. The number of carboxylic acid groups (broad SMARTS) is 1.